The largest absolute Gasteiger partial charge is 0.492 e. The number of halogens is 1. The lowest BCUT2D eigenvalue weighted by Crippen LogP contribution is -2.35. The number of nitriles is 1. The molecule has 0 atom stereocenters. The van der Waals surface area contributed by atoms with E-state index in [2.05, 4.69) is 15.2 Å². The van der Waals surface area contributed by atoms with Gasteiger partial charge in [0.15, 0.2) is 16.7 Å². The summed E-state index contributed by atoms with van der Waals surface area (Å²) in [5, 5.41) is 12.3. The summed E-state index contributed by atoms with van der Waals surface area (Å²) >= 11 is 1.19. The fourth-order valence-electron chi connectivity index (χ4n) is 2.97. The predicted octanol–water partition coefficient (Wildman–Crippen LogP) is 3.11. The van der Waals surface area contributed by atoms with E-state index in [-0.39, 0.29) is 28.7 Å². The van der Waals surface area contributed by atoms with Gasteiger partial charge in [-0.3, -0.25) is 4.79 Å². The second-order valence-electron chi connectivity index (χ2n) is 6.22. The van der Waals surface area contributed by atoms with Gasteiger partial charge in [-0.2, -0.15) is 5.26 Å². The Hall–Kier alpha value is -2.50. The van der Waals surface area contributed by atoms with Crippen molar-refractivity contribution >= 4 is 22.4 Å². The number of likely N-dealkylation sites (tertiary alicyclic amines) is 1. The third kappa shape index (κ3) is 3.69. The molecular formula is C18H19FN4O2S. The molecular weight excluding hydrogens is 355 g/mol. The van der Waals surface area contributed by atoms with E-state index in [9.17, 15) is 9.18 Å². The first kappa shape index (κ1) is 18.3. The van der Waals surface area contributed by atoms with Gasteiger partial charge in [-0.25, -0.2) is 9.37 Å². The number of nitrogens with zero attached hydrogens (tertiary/aromatic N) is 3. The summed E-state index contributed by atoms with van der Waals surface area (Å²) < 4.78 is 19.6. The quantitative estimate of drug-likeness (QED) is 0.890. The summed E-state index contributed by atoms with van der Waals surface area (Å²) in [7, 11) is 3.37. The van der Waals surface area contributed by atoms with E-state index in [1.165, 1.54) is 36.8 Å². The summed E-state index contributed by atoms with van der Waals surface area (Å²) in [4.78, 5) is 19.3. The van der Waals surface area contributed by atoms with Gasteiger partial charge in [-0.05, 0) is 45.1 Å². The Bertz CT molecular complexity index is 853. The molecule has 0 bridgehead atoms. The van der Waals surface area contributed by atoms with Crippen molar-refractivity contribution in [3.8, 4) is 22.3 Å². The first-order valence-corrected chi connectivity index (χ1v) is 9.07. The standard InChI is InChI=1S/C18H19FN4O2S/c1-23-7-5-11(6-8-23)17(24)22-18-21-10-14(26-18)13-4-3-12(9-20)16(25-2)15(13)19/h3-4,10-11H,5-8H2,1-2H3,(H,21,22,24). The molecule has 1 aliphatic heterocycles. The fraction of sp³-hybridized carbons (Fsp3) is 0.389. The van der Waals surface area contributed by atoms with E-state index in [1.54, 1.807) is 0 Å². The Balaban J connectivity index is 1.76. The smallest absolute Gasteiger partial charge is 0.229 e. The van der Waals surface area contributed by atoms with Crippen molar-refractivity contribution in [2.75, 3.05) is 32.6 Å². The number of carbonyl (C=O) groups is 1. The first-order chi connectivity index (χ1) is 12.5. The van der Waals surface area contributed by atoms with E-state index in [1.807, 2.05) is 13.1 Å². The van der Waals surface area contributed by atoms with Crippen LogP contribution in [0.5, 0.6) is 5.75 Å². The number of hydrogen-bond donors (Lipinski definition) is 1. The Morgan fingerprint density at radius 2 is 2.19 bits per heavy atom. The zero-order valence-corrected chi connectivity index (χ0v) is 15.4. The molecule has 1 saturated heterocycles. The van der Waals surface area contributed by atoms with Crippen LogP contribution in [0.4, 0.5) is 9.52 Å². The summed E-state index contributed by atoms with van der Waals surface area (Å²) in [6, 6.07) is 4.93. The van der Waals surface area contributed by atoms with Crippen LogP contribution in [0.2, 0.25) is 0 Å². The number of benzene rings is 1. The monoisotopic (exact) mass is 374 g/mol. The number of ether oxygens (including phenoxy) is 1. The Labute approximate surface area is 155 Å². The minimum atomic E-state index is -0.608. The predicted molar refractivity (Wildman–Crippen MR) is 97.6 cm³/mol. The number of hydrogen-bond acceptors (Lipinski definition) is 6. The third-order valence-electron chi connectivity index (χ3n) is 4.51. The maximum atomic E-state index is 14.6. The molecule has 0 unspecified atom stereocenters. The van der Waals surface area contributed by atoms with Crippen LogP contribution in [-0.2, 0) is 4.79 Å². The minimum absolute atomic E-state index is 0.0229. The highest BCUT2D eigenvalue weighted by molar-refractivity contribution is 7.19. The van der Waals surface area contributed by atoms with Crippen LogP contribution in [0.1, 0.15) is 18.4 Å². The molecule has 0 radical (unpaired) electrons. The SMILES string of the molecule is COc1c(C#N)ccc(-c2cnc(NC(=O)C3CCN(C)CC3)s2)c1F. The Morgan fingerprint density at radius 1 is 1.46 bits per heavy atom. The van der Waals surface area contributed by atoms with Crippen LogP contribution in [0.15, 0.2) is 18.3 Å². The second kappa shape index (κ2) is 7.81. The van der Waals surface area contributed by atoms with E-state index in [0.29, 0.717) is 10.0 Å². The molecule has 1 amide bonds. The highest BCUT2D eigenvalue weighted by atomic mass is 32.1. The number of piperidine rings is 1. The zero-order chi connectivity index (χ0) is 18.7. The zero-order valence-electron chi connectivity index (χ0n) is 14.6. The van der Waals surface area contributed by atoms with Crippen molar-refractivity contribution < 1.29 is 13.9 Å². The van der Waals surface area contributed by atoms with Gasteiger partial charge in [0.2, 0.25) is 5.91 Å². The summed E-state index contributed by atoms with van der Waals surface area (Å²) in [5.74, 6) is -0.763. The average Bonchev–Trinajstić information content (AvgIpc) is 3.09. The molecule has 2 aromatic rings. The molecule has 26 heavy (non-hydrogen) atoms. The number of aromatic nitrogens is 1. The van der Waals surface area contributed by atoms with Gasteiger partial charge in [0.1, 0.15) is 6.07 Å². The lowest BCUT2D eigenvalue weighted by molar-refractivity contribution is -0.121. The van der Waals surface area contributed by atoms with Crippen LogP contribution >= 0.6 is 11.3 Å². The minimum Gasteiger partial charge on any atom is -0.492 e. The van der Waals surface area contributed by atoms with Crippen LogP contribution in [0.25, 0.3) is 10.4 Å². The number of anilines is 1. The fourth-order valence-corrected chi connectivity index (χ4v) is 3.81. The average molecular weight is 374 g/mol. The molecule has 1 fully saturated rings. The van der Waals surface area contributed by atoms with E-state index < -0.39 is 5.82 Å². The van der Waals surface area contributed by atoms with Crippen molar-refractivity contribution in [1.82, 2.24) is 9.88 Å². The van der Waals surface area contributed by atoms with Crippen molar-refractivity contribution in [2.24, 2.45) is 5.92 Å². The number of nitrogens with one attached hydrogen (secondary N) is 1. The van der Waals surface area contributed by atoms with Gasteiger partial charge >= 0.3 is 0 Å². The molecule has 1 N–H and O–H groups in total. The number of thiazole rings is 1. The first-order valence-electron chi connectivity index (χ1n) is 8.25. The Kier molecular flexibility index (Phi) is 5.49. The normalized spacial score (nSPS) is 15.5. The summed E-state index contributed by atoms with van der Waals surface area (Å²) in [5.41, 5.74) is 0.423. The lowest BCUT2D eigenvalue weighted by atomic mass is 9.96. The van der Waals surface area contributed by atoms with Crippen molar-refractivity contribution in [1.29, 1.82) is 5.26 Å². The van der Waals surface area contributed by atoms with Crippen molar-refractivity contribution in [3.05, 3.63) is 29.7 Å². The maximum absolute atomic E-state index is 14.6. The molecule has 1 aromatic carbocycles. The summed E-state index contributed by atoms with van der Waals surface area (Å²) in [6.45, 7) is 1.80. The van der Waals surface area contributed by atoms with Crippen LogP contribution in [0, 0.1) is 23.1 Å². The van der Waals surface area contributed by atoms with Crippen LogP contribution < -0.4 is 10.1 Å². The molecule has 1 aromatic heterocycles. The van der Waals surface area contributed by atoms with Gasteiger partial charge in [0.25, 0.3) is 0 Å². The Morgan fingerprint density at radius 3 is 2.85 bits per heavy atom. The van der Waals surface area contributed by atoms with E-state index in [4.69, 9.17) is 10.00 Å². The summed E-state index contributed by atoms with van der Waals surface area (Å²) in [6.07, 6.45) is 3.16. The van der Waals surface area contributed by atoms with E-state index in [0.717, 1.165) is 25.9 Å². The number of methoxy groups -OCH3 is 1. The van der Waals surface area contributed by atoms with Crippen molar-refractivity contribution in [3.63, 3.8) is 0 Å². The molecule has 0 saturated carbocycles. The molecule has 3 rings (SSSR count). The van der Waals surface area contributed by atoms with Crippen molar-refractivity contribution in [2.45, 2.75) is 12.8 Å². The second-order valence-corrected chi connectivity index (χ2v) is 7.25. The van der Waals surface area contributed by atoms with Crippen LogP contribution in [0.3, 0.4) is 0 Å². The molecule has 0 spiro atoms. The molecule has 136 valence electrons. The highest BCUT2D eigenvalue weighted by Gasteiger charge is 2.24. The number of amides is 1. The molecule has 0 aliphatic carbocycles. The molecule has 2 heterocycles. The van der Waals surface area contributed by atoms with Gasteiger partial charge in [-0.15, -0.1) is 0 Å². The van der Waals surface area contributed by atoms with Gasteiger partial charge in [-0.1, -0.05) is 11.3 Å². The highest BCUT2D eigenvalue weighted by Crippen LogP contribution is 2.36. The molecule has 8 heteroatoms. The maximum Gasteiger partial charge on any atom is 0.229 e. The van der Waals surface area contributed by atoms with Crippen LogP contribution in [-0.4, -0.2) is 43.0 Å². The van der Waals surface area contributed by atoms with Gasteiger partial charge in [0, 0.05) is 17.7 Å². The number of carbonyl (C=O) groups excluding carboxylic acids is 1. The van der Waals surface area contributed by atoms with Gasteiger partial charge < -0.3 is 15.0 Å². The molecule has 1 aliphatic rings. The van der Waals surface area contributed by atoms with Gasteiger partial charge in [0.05, 0.1) is 17.6 Å². The molecule has 6 nitrogen and oxygen atoms in total. The number of rotatable bonds is 4. The van der Waals surface area contributed by atoms with E-state index >= 15 is 0 Å². The topological polar surface area (TPSA) is 78.2 Å². The lowest BCUT2D eigenvalue weighted by Gasteiger charge is -2.27. The third-order valence-corrected chi connectivity index (χ3v) is 5.46.